The van der Waals surface area contributed by atoms with E-state index in [1.165, 1.54) is 5.56 Å². The number of rotatable bonds is 6. The van der Waals surface area contributed by atoms with Gasteiger partial charge in [-0.05, 0) is 36.5 Å². The Morgan fingerprint density at radius 3 is 2.63 bits per heavy atom. The number of imidazole rings is 1. The minimum absolute atomic E-state index is 0.0694. The summed E-state index contributed by atoms with van der Waals surface area (Å²) in [4.78, 5) is 8.26. The molecule has 2 heterocycles. The second-order valence-corrected chi connectivity index (χ2v) is 5.35. The van der Waals surface area contributed by atoms with Crippen LogP contribution in [0.3, 0.4) is 0 Å². The van der Waals surface area contributed by atoms with Gasteiger partial charge in [-0.1, -0.05) is 13.8 Å². The lowest BCUT2D eigenvalue weighted by Gasteiger charge is -2.16. The van der Waals surface area contributed by atoms with Crippen LogP contribution in [0, 0.1) is 5.92 Å². The molecule has 4 nitrogen and oxygen atoms in total. The van der Waals surface area contributed by atoms with Gasteiger partial charge in [0, 0.05) is 31.2 Å². The van der Waals surface area contributed by atoms with Gasteiger partial charge in [-0.2, -0.15) is 0 Å². The first-order valence-corrected chi connectivity index (χ1v) is 6.81. The molecule has 0 radical (unpaired) electrons. The number of aromatic nitrogens is 3. The SMILES string of the molecule is CC(C)CC(N)c1cncn1CCc1ccncc1. The fraction of sp³-hybridized carbons (Fsp3) is 0.467. The van der Waals surface area contributed by atoms with E-state index in [1.54, 1.807) is 0 Å². The maximum absolute atomic E-state index is 6.24. The first kappa shape index (κ1) is 13.7. The largest absolute Gasteiger partial charge is 0.333 e. The van der Waals surface area contributed by atoms with Gasteiger partial charge in [0.15, 0.2) is 0 Å². The van der Waals surface area contributed by atoms with Crippen molar-refractivity contribution in [1.29, 1.82) is 0 Å². The summed E-state index contributed by atoms with van der Waals surface area (Å²) < 4.78 is 2.16. The van der Waals surface area contributed by atoms with Crippen LogP contribution in [0.4, 0.5) is 0 Å². The van der Waals surface area contributed by atoms with Gasteiger partial charge < -0.3 is 10.3 Å². The summed E-state index contributed by atoms with van der Waals surface area (Å²) in [5.74, 6) is 0.596. The Hall–Kier alpha value is -1.68. The molecule has 2 aromatic rings. The van der Waals surface area contributed by atoms with Crippen molar-refractivity contribution in [3.63, 3.8) is 0 Å². The topological polar surface area (TPSA) is 56.7 Å². The van der Waals surface area contributed by atoms with E-state index in [4.69, 9.17) is 5.73 Å². The molecule has 0 aliphatic carbocycles. The molecular weight excluding hydrogens is 236 g/mol. The van der Waals surface area contributed by atoms with Crippen LogP contribution < -0.4 is 5.73 Å². The minimum Gasteiger partial charge on any atom is -0.333 e. The molecule has 1 unspecified atom stereocenters. The van der Waals surface area contributed by atoms with Crippen LogP contribution in [-0.4, -0.2) is 14.5 Å². The van der Waals surface area contributed by atoms with Gasteiger partial charge in [0.1, 0.15) is 0 Å². The second-order valence-electron chi connectivity index (χ2n) is 5.35. The first-order chi connectivity index (χ1) is 9.16. The Bertz CT molecular complexity index is 490. The molecule has 2 rings (SSSR count). The summed E-state index contributed by atoms with van der Waals surface area (Å²) in [5, 5.41) is 0. The van der Waals surface area contributed by atoms with Crippen molar-refractivity contribution in [1.82, 2.24) is 14.5 Å². The van der Waals surface area contributed by atoms with Gasteiger partial charge >= 0.3 is 0 Å². The normalized spacial score (nSPS) is 12.8. The van der Waals surface area contributed by atoms with Gasteiger partial charge in [-0.3, -0.25) is 4.98 Å². The summed E-state index contributed by atoms with van der Waals surface area (Å²) in [6.07, 6.45) is 9.38. The molecule has 0 aromatic carbocycles. The zero-order chi connectivity index (χ0) is 13.7. The van der Waals surface area contributed by atoms with Crippen LogP contribution in [0.1, 0.15) is 37.6 Å². The smallest absolute Gasteiger partial charge is 0.0948 e. The molecule has 0 aliphatic heterocycles. The third-order valence-corrected chi connectivity index (χ3v) is 3.24. The maximum Gasteiger partial charge on any atom is 0.0948 e. The highest BCUT2D eigenvalue weighted by Gasteiger charge is 2.12. The molecule has 19 heavy (non-hydrogen) atoms. The van der Waals surface area contributed by atoms with Crippen LogP contribution in [0.5, 0.6) is 0 Å². The molecule has 0 saturated heterocycles. The molecule has 0 spiro atoms. The van der Waals surface area contributed by atoms with Crippen LogP contribution in [0.25, 0.3) is 0 Å². The summed E-state index contributed by atoms with van der Waals surface area (Å²) >= 11 is 0. The van der Waals surface area contributed by atoms with Gasteiger partial charge in [-0.25, -0.2) is 4.98 Å². The summed E-state index contributed by atoms with van der Waals surface area (Å²) in [5.41, 5.74) is 8.65. The summed E-state index contributed by atoms with van der Waals surface area (Å²) in [6, 6.07) is 4.16. The number of aryl methyl sites for hydroxylation is 2. The quantitative estimate of drug-likeness (QED) is 0.866. The van der Waals surface area contributed by atoms with Gasteiger partial charge in [-0.15, -0.1) is 0 Å². The summed E-state index contributed by atoms with van der Waals surface area (Å²) in [7, 11) is 0. The molecule has 0 amide bonds. The number of pyridine rings is 1. The zero-order valence-corrected chi connectivity index (χ0v) is 11.7. The Morgan fingerprint density at radius 1 is 1.21 bits per heavy atom. The highest BCUT2D eigenvalue weighted by Crippen LogP contribution is 2.18. The number of nitrogens with two attached hydrogens (primary N) is 1. The molecule has 102 valence electrons. The fourth-order valence-electron chi connectivity index (χ4n) is 2.25. The predicted octanol–water partition coefficient (Wildman–Crippen LogP) is 2.57. The lowest BCUT2D eigenvalue weighted by molar-refractivity contribution is 0.483. The molecule has 2 aromatic heterocycles. The molecule has 2 N–H and O–H groups in total. The van der Waals surface area contributed by atoms with E-state index in [-0.39, 0.29) is 6.04 Å². The summed E-state index contributed by atoms with van der Waals surface area (Å²) in [6.45, 7) is 5.29. The Labute approximate surface area is 114 Å². The molecular formula is C15H22N4. The van der Waals surface area contributed by atoms with Crippen molar-refractivity contribution in [3.8, 4) is 0 Å². The highest BCUT2D eigenvalue weighted by atomic mass is 15.1. The minimum atomic E-state index is 0.0694. The van der Waals surface area contributed by atoms with Crippen molar-refractivity contribution in [3.05, 3.63) is 48.3 Å². The Morgan fingerprint density at radius 2 is 1.95 bits per heavy atom. The number of hydrogen-bond donors (Lipinski definition) is 1. The molecule has 0 bridgehead atoms. The van der Waals surface area contributed by atoms with Crippen LogP contribution in [0.15, 0.2) is 37.1 Å². The van der Waals surface area contributed by atoms with Crippen LogP contribution >= 0.6 is 0 Å². The average molecular weight is 258 g/mol. The maximum atomic E-state index is 6.24. The van der Waals surface area contributed by atoms with Crippen molar-refractivity contribution in [2.75, 3.05) is 0 Å². The number of nitrogens with zero attached hydrogens (tertiary/aromatic N) is 3. The van der Waals surface area contributed by atoms with Crippen molar-refractivity contribution >= 4 is 0 Å². The van der Waals surface area contributed by atoms with E-state index in [0.717, 1.165) is 25.1 Å². The van der Waals surface area contributed by atoms with Crippen molar-refractivity contribution in [2.24, 2.45) is 11.7 Å². The molecule has 0 aliphatic rings. The van der Waals surface area contributed by atoms with Gasteiger partial charge in [0.2, 0.25) is 0 Å². The first-order valence-electron chi connectivity index (χ1n) is 6.81. The van der Waals surface area contributed by atoms with E-state index in [2.05, 4.69) is 28.4 Å². The molecule has 0 saturated carbocycles. The van der Waals surface area contributed by atoms with Crippen LogP contribution in [-0.2, 0) is 13.0 Å². The zero-order valence-electron chi connectivity index (χ0n) is 11.7. The van der Waals surface area contributed by atoms with Crippen LogP contribution in [0.2, 0.25) is 0 Å². The van der Waals surface area contributed by atoms with E-state index >= 15 is 0 Å². The predicted molar refractivity (Wildman–Crippen MR) is 76.6 cm³/mol. The van der Waals surface area contributed by atoms with Crippen molar-refractivity contribution < 1.29 is 0 Å². The monoisotopic (exact) mass is 258 g/mol. The van der Waals surface area contributed by atoms with E-state index in [9.17, 15) is 0 Å². The standard InChI is InChI=1S/C15H22N4/c1-12(2)9-14(16)15-10-18-11-19(15)8-5-13-3-6-17-7-4-13/h3-4,6-7,10-12,14H,5,8-9,16H2,1-2H3. The highest BCUT2D eigenvalue weighted by molar-refractivity contribution is 5.11. The van der Waals surface area contributed by atoms with E-state index in [0.29, 0.717) is 5.92 Å². The third-order valence-electron chi connectivity index (χ3n) is 3.24. The second kappa shape index (κ2) is 6.48. The fourth-order valence-corrected chi connectivity index (χ4v) is 2.25. The van der Waals surface area contributed by atoms with E-state index < -0.39 is 0 Å². The lowest BCUT2D eigenvalue weighted by Crippen LogP contribution is -2.17. The van der Waals surface area contributed by atoms with Gasteiger partial charge in [0.25, 0.3) is 0 Å². The van der Waals surface area contributed by atoms with Gasteiger partial charge in [0.05, 0.1) is 12.0 Å². The Balaban J connectivity index is 2.00. The third kappa shape index (κ3) is 3.89. The average Bonchev–Trinajstić information content (AvgIpc) is 2.85. The molecule has 0 fully saturated rings. The van der Waals surface area contributed by atoms with Crippen molar-refractivity contribution in [2.45, 2.75) is 39.3 Å². The number of hydrogen-bond acceptors (Lipinski definition) is 3. The Kier molecular flexibility index (Phi) is 4.68. The molecule has 4 heteroatoms. The molecule has 1 atom stereocenters. The lowest BCUT2D eigenvalue weighted by atomic mass is 10.0. The van der Waals surface area contributed by atoms with E-state index in [1.807, 2.05) is 37.1 Å².